The third-order valence-corrected chi connectivity index (χ3v) is 6.87. The molecule has 1 aliphatic rings. The number of para-hydroxylation sites is 1. The van der Waals surface area contributed by atoms with Crippen molar-refractivity contribution in [1.82, 2.24) is 19.4 Å². The number of carbonyl (C=O) groups excluding carboxylic acids is 2. The molecule has 0 spiro atoms. The average molecular weight is 495 g/mol. The molecule has 3 aromatic rings. The second kappa shape index (κ2) is 11.0. The molecule has 2 heterocycles. The third-order valence-electron chi connectivity index (χ3n) is 6.63. The van der Waals surface area contributed by atoms with Gasteiger partial charge in [-0.2, -0.15) is 0 Å². The Hall–Kier alpha value is -3.19. The zero-order valence-electron chi connectivity index (χ0n) is 20.2. The van der Waals surface area contributed by atoms with Crippen molar-refractivity contribution in [2.75, 3.05) is 26.2 Å². The van der Waals surface area contributed by atoms with Crippen LogP contribution in [0, 0.1) is 5.92 Å². The minimum atomic E-state index is -0.308. The minimum absolute atomic E-state index is 0.0329. The number of halogens is 1. The van der Waals surface area contributed by atoms with Crippen molar-refractivity contribution < 1.29 is 9.59 Å². The molecule has 8 heteroatoms. The number of aromatic nitrogens is 2. The minimum Gasteiger partial charge on any atom is -0.339 e. The van der Waals surface area contributed by atoms with Gasteiger partial charge in [0.25, 0.3) is 5.56 Å². The molecular formula is C27H31ClN4O3. The van der Waals surface area contributed by atoms with Gasteiger partial charge in [-0.05, 0) is 36.8 Å². The predicted octanol–water partition coefficient (Wildman–Crippen LogP) is 4.08. The molecule has 1 aromatic heterocycles. The van der Waals surface area contributed by atoms with Crippen molar-refractivity contribution in [3.05, 3.63) is 69.7 Å². The zero-order chi connectivity index (χ0) is 24.9. The Balaban J connectivity index is 1.71. The van der Waals surface area contributed by atoms with Crippen molar-refractivity contribution in [3.8, 4) is 5.69 Å². The molecule has 0 N–H and O–H groups in total. The van der Waals surface area contributed by atoms with Crippen LogP contribution in [-0.4, -0.2) is 57.3 Å². The molecule has 184 valence electrons. The second-order valence-electron chi connectivity index (χ2n) is 9.04. The lowest BCUT2D eigenvalue weighted by molar-refractivity contribution is -0.141. The van der Waals surface area contributed by atoms with Crippen LogP contribution in [0.25, 0.3) is 16.6 Å². The average Bonchev–Trinajstić information content (AvgIpc) is 2.86. The van der Waals surface area contributed by atoms with Gasteiger partial charge in [-0.3, -0.25) is 19.0 Å². The fourth-order valence-electron chi connectivity index (χ4n) is 4.68. The van der Waals surface area contributed by atoms with Crippen LogP contribution in [0.5, 0.6) is 0 Å². The lowest BCUT2D eigenvalue weighted by atomic mass is 9.95. The number of rotatable bonds is 7. The molecule has 2 aromatic carbocycles. The van der Waals surface area contributed by atoms with Crippen LogP contribution in [0.2, 0.25) is 5.02 Å². The molecule has 7 nitrogen and oxygen atoms in total. The molecule has 0 saturated carbocycles. The Bertz CT molecular complexity index is 1280. The summed E-state index contributed by atoms with van der Waals surface area (Å²) in [5, 5.41) is 1.04. The van der Waals surface area contributed by atoms with Crippen LogP contribution in [0.3, 0.4) is 0 Å². The topological polar surface area (TPSA) is 75.5 Å². The first kappa shape index (κ1) is 24.9. The van der Waals surface area contributed by atoms with Gasteiger partial charge in [0, 0.05) is 50.5 Å². The van der Waals surface area contributed by atoms with E-state index in [1.807, 2.05) is 29.2 Å². The van der Waals surface area contributed by atoms with E-state index in [0.29, 0.717) is 66.5 Å². The standard InChI is InChI=1S/C27H31ClN4O3/c1-3-4-8-20(26(34)31-15-13-30(14-16-31)19(2)33)17-25-29-24-12-6-5-11-23(24)27(35)32(25)22-10-7-9-21(28)18-22/h5-7,9-12,18,20H,3-4,8,13-17H2,1-2H3. The van der Waals surface area contributed by atoms with E-state index in [2.05, 4.69) is 6.92 Å². The number of unbranched alkanes of at least 4 members (excludes halogenated alkanes) is 1. The second-order valence-corrected chi connectivity index (χ2v) is 9.48. The van der Waals surface area contributed by atoms with E-state index in [0.717, 1.165) is 12.8 Å². The van der Waals surface area contributed by atoms with Gasteiger partial charge in [-0.25, -0.2) is 4.98 Å². The van der Waals surface area contributed by atoms with Gasteiger partial charge in [-0.1, -0.05) is 49.6 Å². The molecule has 35 heavy (non-hydrogen) atoms. The highest BCUT2D eigenvalue weighted by Crippen LogP contribution is 2.22. The molecule has 0 radical (unpaired) electrons. The molecule has 1 saturated heterocycles. The Kier molecular flexibility index (Phi) is 7.86. The predicted molar refractivity (Wildman–Crippen MR) is 138 cm³/mol. The van der Waals surface area contributed by atoms with Gasteiger partial charge in [0.05, 0.1) is 16.6 Å². The Labute approximate surface area is 210 Å². The lowest BCUT2D eigenvalue weighted by Crippen LogP contribution is -2.51. The smallest absolute Gasteiger partial charge is 0.265 e. The van der Waals surface area contributed by atoms with Crippen molar-refractivity contribution in [3.63, 3.8) is 0 Å². The number of amides is 2. The number of hydrogen-bond acceptors (Lipinski definition) is 4. The highest BCUT2D eigenvalue weighted by atomic mass is 35.5. The van der Waals surface area contributed by atoms with Crippen LogP contribution in [0.4, 0.5) is 0 Å². The summed E-state index contributed by atoms with van der Waals surface area (Å²) in [4.78, 5) is 47.4. The summed E-state index contributed by atoms with van der Waals surface area (Å²) >= 11 is 6.25. The van der Waals surface area contributed by atoms with E-state index in [4.69, 9.17) is 16.6 Å². The van der Waals surface area contributed by atoms with E-state index in [-0.39, 0.29) is 23.3 Å². The van der Waals surface area contributed by atoms with Crippen LogP contribution >= 0.6 is 11.6 Å². The first-order valence-electron chi connectivity index (χ1n) is 12.2. The maximum atomic E-state index is 13.6. The van der Waals surface area contributed by atoms with E-state index in [1.54, 1.807) is 40.7 Å². The highest BCUT2D eigenvalue weighted by molar-refractivity contribution is 6.30. The Morgan fingerprint density at radius 1 is 1.03 bits per heavy atom. The first-order valence-corrected chi connectivity index (χ1v) is 12.6. The maximum Gasteiger partial charge on any atom is 0.265 e. The number of fused-ring (bicyclic) bond motifs is 1. The molecule has 1 aliphatic heterocycles. The van der Waals surface area contributed by atoms with Gasteiger partial charge < -0.3 is 9.80 Å². The molecule has 1 fully saturated rings. The van der Waals surface area contributed by atoms with Gasteiger partial charge in [0.1, 0.15) is 5.82 Å². The summed E-state index contributed by atoms with van der Waals surface area (Å²) in [7, 11) is 0. The van der Waals surface area contributed by atoms with Gasteiger partial charge in [0.15, 0.2) is 0 Å². The third kappa shape index (κ3) is 5.56. The normalized spacial score (nSPS) is 14.8. The van der Waals surface area contributed by atoms with Crippen molar-refractivity contribution in [1.29, 1.82) is 0 Å². The van der Waals surface area contributed by atoms with Gasteiger partial charge in [0.2, 0.25) is 11.8 Å². The molecular weight excluding hydrogens is 464 g/mol. The lowest BCUT2D eigenvalue weighted by Gasteiger charge is -2.36. The number of piperazine rings is 1. The summed E-state index contributed by atoms with van der Waals surface area (Å²) in [5.74, 6) is 0.331. The maximum absolute atomic E-state index is 13.6. The monoisotopic (exact) mass is 494 g/mol. The van der Waals surface area contributed by atoms with Crippen molar-refractivity contribution in [2.45, 2.75) is 39.5 Å². The first-order chi connectivity index (χ1) is 16.9. The summed E-state index contributed by atoms with van der Waals surface area (Å²) in [6, 6.07) is 14.4. The molecule has 2 amide bonds. The molecule has 4 rings (SSSR count). The number of carbonyl (C=O) groups is 2. The Morgan fingerprint density at radius 3 is 2.43 bits per heavy atom. The van der Waals surface area contributed by atoms with E-state index in [9.17, 15) is 14.4 Å². The van der Waals surface area contributed by atoms with Crippen molar-refractivity contribution in [2.24, 2.45) is 5.92 Å². The fourth-order valence-corrected chi connectivity index (χ4v) is 4.87. The Morgan fingerprint density at radius 2 is 1.74 bits per heavy atom. The zero-order valence-corrected chi connectivity index (χ0v) is 21.0. The van der Waals surface area contributed by atoms with Gasteiger partial charge in [-0.15, -0.1) is 0 Å². The molecule has 1 unspecified atom stereocenters. The van der Waals surface area contributed by atoms with Crippen molar-refractivity contribution >= 4 is 34.3 Å². The van der Waals surface area contributed by atoms with Crippen LogP contribution in [0.1, 0.15) is 38.9 Å². The van der Waals surface area contributed by atoms with E-state index in [1.165, 1.54) is 0 Å². The fraction of sp³-hybridized carbons (Fsp3) is 0.407. The van der Waals surface area contributed by atoms with Crippen LogP contribution in [0.15, 0.2) is 53.3 Å². The number of nitrogens with zero attached hydrogens (tertiary/aromatic N) is 4. The SMILES string of the molecule is CCCCC(Cc1nc2ccccc2c(=O)n1-c1cccc(Cl)c1)C(=O)N1CCN(C(C)=O)CC1. The van der Waals surface area contributed by atoms with Crippen LogP contribution in [-0.2, 0) is 16.0 Å². The molecule has 1 atom stereocenters. The quantitative estimate of drug-likeness (QED) is 0.496. The molecule has 0 bridgehead atoms. The van der Waals surface area contributed by atoms with E-state index < -0.39 is 0 Å². The van der Waals surface area contributed by atoms with E-state index >= 15 is 0 Å². The number of hydrogen-bond donors (Lipinski definition) is 0. The summed E-state index contributed by atoms with van der Waals surface area (Å²) < 4.78 is 1.59. The highest BCUT2D eigenvalue weighted by Gasteiger charge is 2.29. The van der Waals surface area contributed by atoms with Crippen LogP contribution < -0.4 is 5.56 Å². The molecule has 0 aliphatic carbocycles. The van der Waals surface area contributed by atoms with Gasteiger partial charge >= 0.3 is 0 Å². The largest absolute Gasteiger partial charge is 0.339 e. The number of benzene rings is 2. The summed E-state index contributed by atoms with van der Waals surface area (Å²) in [6.45, 7) is 5.79. The summed E-state index contributed by atoms with van der Waals surface area (Å²) in [5.41, 5.74) is 1.07. The summed E-state index contributed by atoms with van der Waals surface area (Å²) in [6.07, 6.45) is 2.92.